The highest BCUT2D eigenvalue weighted by Crippen LogP contribution is 2.13. The molecule has 1 aromatic heterocycles. The van der Waals surface area contributed by atoms with Crippen molar-refractivity contribution < 1.29 is 4.79 Å². The molecule has 0 bridgehead atoms. The van der Waals surface area contributed by atoms with Gasteiger partial charge in [0.2, 0.25) is 5.56 Å². The minimum Gasteiger partial charge on any atom is -0.352 e. The highest BCUT2D eigenvalue weighted by Gasteiger charge is 2.17. The van der Waals surface area contributed by atoms with Gasteiger partial charge in [-0.15, -0.1) is 0 Å². The molecule has 1 aliphatic heterocycles. The summed E-state index contributed by atoms with van der Waals surface area (Å²) in [6.45, 7) is 2.87. The smallest absolute Gasteiger partial charge is 0.252 e. The van der Waals surface area contributed by atoms with Gasteiger partial charge < -0.3 is 15.2 Å². The molecule has 1 fully saturated rings. The average Bonchev–Trinajstić information content (AvgIpc) is 2.37. The number of pyridine rings is 1. The molecule has 5 heteroatoms. The predicted octanol–water partition coefficient (Wildman–Crippen LogP) is 0.447. The second-order valence-electron chi connectivity index (χ2n) is 4.92. The van der Waals surface area contributed by atoms with Crippen molar-refractivity contribution in [1.82, 2.24) is 15.2 Å². The van der Waals surface area contributed by atoms with Gasteiger partial charge in [-0.25, -0.2) is 0 Å². The maximum Gasteiger partial charge on any atom is 0.252 e. The molecular formula is C13H19N3O2. The van der Waals surface area contributed by atoms with Gasteiger partial charge in [0, 0.05) is 25.4 Å². The summed E-state index contributed by atoms with van der Waals surface area (Å²) in [5, 5.41) is 2.92. The lowest BCUT2D eigenvalue weighted by Gasteiger charge is -2.29. The fourth-order valence-corrected chi connectivity index (χ4v) is 2.33. The van der Waals surface area contributed by atoms with Crippen LogP contribution in [-0.2, 0) is 0 Å². The molecule has 1 aromatic rings. The Morgan fingerprint density at radius 3 is 3.06 bits per heavy atom. The van der Waals surface area contributed by atoms with E-state index >= 15 is 0 Å². The highest BCUT2D eigenvalue weighted by atomic mass is 16.1. The van der Waals surface area contributed by atoms with E-state index in [-0.39, 0.29) is 11.5 Å². The summed E-state index contributed by atoms with van der Waals surface area (Å²) in [7, 11) is 2.11. The molecule has 18 heavy (non-hydrogen) atoms. The van der Waals surface area contributed by atoms with E-state index in [0.29, 0.717) is 18.0 Å². The molecule has 1 aliphatic rings. The number of rotatable bonds is 3. The summed E-state index contributed by atoms with van der Waals surface area (Å²) in [6, 6.07) is 2.91. The average molecular weight is 249 g/mol. The number of H-pyrrole nitrogens is 1. The van der Waals surface area contributed by atoms with E-state index < -0.39 is 0 Å². The SMILES string of the molecule is CN1CCCC(CNC(=O)c2ccc(=O)[nH]c2)C1. The minimum absolute atomic E-state index is 0.125. The van der Waals surface area contributed by atoms with Crippen LogP contribution in [0.5, 0.6) is 0 Å². The maximum atomic E-state index is 11.8. The molecule has 0 aromatic carbocycles. The van der Waals surface area contributed by atoms with Crippen molar-refractivity contribution in [3.63, 3.8) is 0 Å². The molecule has 2 N–H and O–H groups in total. The van der Waals surface area contributed by atoms with Gasteiger partial charge in [-0.3, -0.25) is 9.59 Å². The van der Waals surface area contributed by atoms with Crippen LogP contribution in [0.15, 0.2) is 23.1 Å². The molecule has 1 atom stereocenters. The minimum atomic E-state index is -0.194. The van der Waals surface area contributed by atoms with E-state index in [1.54, 1.807) is 6.07 Å². The molecule has 1 saturated heterocycles. The Balaban J connectivity index is 1.84. The summed E-state index contributed by atoms with van der Waals surface area (Å²) in [5.74, 6) is 0.398. The first kappa shape index (κ1) is 12.8. The Kier molecular flexibility index (Phi) is 4.15. The first-order valence-corrected chi connectivity index (χ1v) is 6.30. The summed E-state index contributed by atoms with van der Waals surface area (Å²) >= 11 is 0. The lowest BCUT2D eigenvalue weighted by molar-refractivity contribution is 0.0936. The number of aromatic nitrogens is 1. The van der Waals surface area contributed by atoms with Crippen molar-refractivity contribution in [2.24, 2.45) is 5.92 Å². The third-order valence-electron chi connectivity index (χ3n) is 3.32. The molecule has 98 valence electrons. The largest absolute Gasteiger partial charge is 0.352 e. The molecule has 0 aliphatic carbocycles. The van der Waals surface area contributed by atoms with E-state index in [4.69, 9.17) is 0 Å². The zero-order valence-corrected chi connectivity index (χ0v) is 10.6. The Morgan fingerprint density at radius 2 is 2.39 bits per heavy atom. The third kappa shape index (κ3) is 3.43. The second kappa shape index (κ2) is 5.82. The Morgan fingerprint density at radius 1 is 1.56 bits per heavy atom. The zero-order valence-electron chi connectivity index (χ0n) is 10.6. The van der Waals surface area contributed by atoms with Gasteiger partial charge in [0.1, 0.15) is 0 Å². The van der Waals surface area contributed by atoms with Gasteiger partial charge >= 0.3 is 0 Å². The number of likely N-dealkylation sites (tertiary alicyclic amines) is 1. The van der Waals surface area contributed by atoms with Crippen molar-refractivity contribution in [3.05, 3.63) is 34.2 Å². The predicted molar refractivity (Wildman–Crippen MR) is 69.6 cm³/mol. The molecule has 1 unspecified atom stereocenters. The van der Waals surface area contributed by atoms with Gasteiger partial charge in [-0.2, -0.15) is 0 Å². The normalized spacial score (nSPS) is 20.6. The van der Waals surface area contributed by atoms with Crippen molar-refractivity contribution >= 4 is 5.91 Å². The van der Waals surface area contributed by atoms with Crippen LogP contribution in [0, 0.1) is 5.92 Å². The van der Waals surface area contributed by atoms with Crippen LogP contribution in [0.2, 0.25) is 0 Å². The number of carbonyl (C=O) groups excluding carboxylic acids is 1. The van der Waals surface area contributed by atoms with E-state index in [0.717, 1.165) is 19.5 Å². The first-order valence-electron chi connectivity index (χ1n) is 6.30. The topological polar surface area (TPSA) is 65.2 Å². The monoisotopic (exact) mass is 249 g/mol. The van der Waals surface area contributed by atoms with Gasteiger partial charge in [0.15, 0.2) is 0 Å². The molecule has 0 spiro atoms. The summed E-state index contributed by atoms with van der Waals surface area (Å²) < 4.78 is 0. The molecule has 2 rings (SSSR count). The Hall–Kier alpha value is -1.62. The molecule has 0 saturated carbocycles. The Bertz CT molecular complexity index is 449. The Labute approximate surface area is 106 Å². The lowest BCUT2D eigenvalue weighted by atomic mass is 9.98. The van der Waals surface area contributed by atoms with E-state index in [1.807, 2.05) is 0 Å². The molecule has 0 radical (unpaired) electrons. The van der Waals surface area contributed by atoms with E-state index in [1.165, 1.54) is 18.7 Å². The number of nitrogens with one attached hydrogen (secondary N) is 2. The van der Waals surface area contributed by atoms with Crippen LogP contribution >= 0.6 is 0 Å². The first-order chi connectivity index (χ1) is 8.65. The van der Waals surface area contributed by atoms with Crippen LogP contribution in [0.4, 0.5) is 0 Å². The number of hydrogen-bond acceptors (Lipinski definition) is 3. The van der Waals surface area contributed by atoms with E-state index in [2.05, 4.69) is 22.2 Å². The number of aromatic amines is 1. The molecular weight excluding hydrogens is 230 g/mol. The van der Waals surface area contributed by atoms with Crippen LogP contribution in [0.3, 0.4) is 0 Å². The number of hydrogen-bond donors (Lipinski definition) is 2. The molecule has 1 amide bonds. The van der Waals surface area contributed by atoms with Crippen LogP contribution < -0.4 is 10.9 Å². The quantitative estimate of drug-likeness (QED) is 0.817. The number of carbonyl (C=O) groups is 1. The van der Waals surface area contributed by atoms with Crippen LogP contribution in [-0.4, -0.2) is 42.5 Å². The van der Waals surface area contributed by atoms with Crippen molar-refractivity contribution in [3.8, 4) is 0 Å². The second-order valence-corrected chi connectivity index (χ2v) is 4.92. The fourth-order valence-electron chi connectivity index (χ4n) is 2.33. The zero-order chi connectivity index (χ0) is 13.0. The lowest BCUT2D eigenvalue weighted by Crippen LogP contribution is -2.39. The van der Waals surface area contributed by atoms with Gasteiger partial charge in [-0.05, 0) is 38.4 Å². The summed E-state index contributed by atoms with van der Waals surface area (Å²) in [4.78, 5) is 27.5. The van der Waals surface area contributed by atoms with Gasteiger partial charge in [0.25, 0.3) is 5.91 Å². The van der Waals surface area contributed by atoms with Crippen LogP contribution in [0.1, 0.15) is 23.2 Å². The number of piperidine rings is 1. The van der Waals surface area contributed by atoms with Gasteiger partial charge in [0.05, 0.1) is 5.56 Å². The maximum absolute atomic E-state index is 11.8. The van der Waals surface area contributed by atoms with Crippen molar-refractivity contribution in [2.45, 2.75) is 12.8 Å². The highest BCUT2D eigenvalue weighted by molar-refractivity contribution is 5.93. The number of nitrogens with zero attached hydrogens (tertiary/aromatic N) is 1. The van der Waals surface area contributed by atoms with Crippen molar-refractivity contribution in [2.75, 3.05) is 26.7 Å². The van der Waals surface area contributed by atoms with Crippen molar-refractivity contribution in [1.29, 1.82) is 0 Å². The standard InChI is InChI=1S/C13H19N3O2/c1-16-6-2-3-10(9-16)7-15-13(18)11-4-5-12(17)14-8-11/h4-5,8,10H,2-3,6-7,9H2,1H3,(H,14,17)(H,15,18). The van der Waals surface area contributed by atoms with Crippen LogP contribution in [0.25, 0.3) is 0 Å². The van der Waals surface area contributed by atoms with E-state index in [9.17, 15) is 9.59 Å². The number of amides is 1. The summed E-state index contributed by atoms with van der Waals surface area (Å²) in [6.07, 6.45) is 3.80. The third-order valence-corrected chi connectivity index (χ3v) is 3.32. The van der Waals surface area contributed by atoms with Gasteiger partial charge in [-0.1, -0.05) is 0 Å². The fraction of sp³-hybridized carbons (Fsp3) is 0.538. The summed E-state index contributed by atoms with van der Waals surface area (Å²) in [5.41, 5.74) is 0.305. The molecule has 2 heterocycles. The molecule has 5 nitrogen and oxygen atoms in total.